The van der Waals surface area contributed by atoms with E-state index in [0.717, 1.165) is 30.8 Å². The van der Waals surface area contributed by atoms with Crippen LogP contribution in [0.1, 0.15) is 25.7 Å². The summed E-state index contributed by atoms with van der Waals surface area (Å²) in [5.41, 5.74) is 7.90. The number of hydrogen-bond acceptors (Lipinski definition) is 4. The first-order valence-corrected chi connectivity index (χ1v) is 7.17. The third-order valence-corrected chi connectivity index (χ3v) is 3.79. The SMILES string of the molecule is Nc1ncccc1-c1cncn1CCC1CCCCO1. The van der Waals surface area contributed by atoms with Crippen LogP contribution in [0.3, 0.4) is 0 Å². The van der Waals surface area contributed by atoms with Crippen LogP contribution in [0.25, 0.3) is 11.3 Å². The van der Waals surface area contributed by atoms with E-state index in [4.69, 9.17) is 10.5 Å². The van der Waals surface area contributed by atoms with Crippen LogP contribution >= 0.6 is 0 Å². The molecule has 0 saturated carbocycles. The van der Waals surface area contributed by atoms with E-state index in [9.17, 15) is 0 Å². The molecule has 106 valence electrons. The van der Waals surface area contributed by atoms with Crippen LogP contribution in [-0.4, -0.2) is 27.2 Å². The molecule has 1 atom stereocenters. The zero-order valence-corrected chi connectivity index (χ0v) is 11.5. The minimum Gasteiger partial charge on any atom is -0.383 e. The molecule has 0 aromatic carbocycles. The summed E-state index contributed by atoms with van der Waals surface area (Å²) in [6.45, 7) is 1.80. The lowest BCUT2D eigenvalue weighted by Gasteiger charge is -2.23. The van der Waals surface area contributed by atoms with Crippen LogP contribution in [0.2, 0.25) is 0 Å². The third-order valence-electron chi connectivity index (χ3n) is 3.79. The zero-order valence-electron chi connectivity index (χ0n) is 11.5. The second kappa shape index (κ2) is 6.05. The molecule has 5 nitrogen and oxygen atoms in total. The summed E-state index contributed by atoms with van der Waals surface area (Å²) < 4.78 is 7.91. The molecule has 2 aromatic rings. The number of pyridine rings is 1. The van der Waals surface area contributed by atoms with Gasteiger partial charge in [-0.15, -0.1) is 0 Å². The topological polar surface area (TPSA) is 66.0 Å². The van der Waals surface area contributed by atoms with Crippen molar-refractivity contribution in [3.05, 3.63) is 30.9 Å². The van der Waals surface area contributed by atoms with Gasteiger partial charge in [0.05, 0.1) is 24.3 Å². The molecule has 1 saturated heterocycles. The summed E-state index contributed by atoms with van der Waals surface area (Å²) in [6, 6.07) is 3.88. The van der Waals surface area contributed by atoms with Gasteiger partial charge in [0.1, 0.15) is 5.82 Å². The highest BCUT2D eigenvalue weighted by atomic mass is 16.5. The van der Waals surface area contributed by atoms with Gasteiger partial charge >= 0.3 is 0 Å². The van der Waals surface area contributed by atoms with Crippen molar-refractivity contribution in [2.75, 3.05) is 12.3 Å². The second-order valence-corrected chi connectivity index (χ2v) is 5.19. The van der Waals surface area contributed by atoms with E-state index in [0.29, 0.717) is 11.9 Å². The number of imidazole rings is 1. The largest absolute Gasteiger partial charge is 0.383 e. The first kappa shape index (κ1) is 13.1. The molecule has 1 fully saturated rings. The van der Waals surface area contributed by atoms with Crippen molar-refractivity contribution in [2.45, 2.75) is 38.3 Å². The predicted molar refractivity (Wildman–Crippen MR) is 78.1 cm³/mol. The van der Waals surface area contributed by atoms with Crippen LogP contribution < -0.4 is 5.73 Å². The lowest BCUT2D eigenvalue weighted by molar-refractivity contribution is 0.00887. The number of hydrogen-bond donors (Lipinski definition) is 1. The molecule has 3 heterocycles. The maximum absolute atomic E-state index is 5.94. The van der Waals surface area contributed by atoms with Gasteiger partial charge in [0.2, 0.25) is 0 Å². The Labute approximate surface area is 118 Å². The molecule has 0 bridgehead atoms. The smallest absolute Gasteiger partial charge is 0.132 e. The summed E-state index contributed by atoms with van der Waals surface area (Å²) in [6.07, 6.45) is 10.4. The van der Waals surface area contributed by atoms with Gasteiger partial charge in [0.25, 0.3) is 0 Å². The molecule has 20 heavy (non-hydrogen) atoms. The highest BCUT2D eigenvalue weighted by Crippen LogP contribution is 2.24. The Balaban J connectivity index is 1.72. The fraction of sp³-hybridized carbons (Fsp3) is 0.467. The molecule has 0 amide bonds. The Bertz CT molecular complexity index is 561. The van der Waals surface area contributed by atoms with Gasteiger partial charge in [0, 0.05) is 24.9 Å². The monoisotopic (exact) mass is 272 g/mol. The van der Waals surface area contributed by atoms with Crippen molar-refractivity contribution in [1.82, 2.24) is 14.5 Å². The predicted octanol–water partition coefficient (Wildman–Crippen LogP) is 2.49. The molecule has 1 aliphatic heterocycles. The van der Waals surface area contributed by atoms with Gasteiger partial charge in [-0.2, -0.15) is 0 Å². The molecule has 1 unspecified atom stereocenters. The molecule has 2 N–H and O–H groups in total. The Morgan fingerprint density at radius 2 is 2.35 bits per heavy atom. The standard InChI is InChI=1S/C15H20N4O/c16-15-13(5-3-7-18-15)14-10-17-11-19(14)8-6-12-4-1-2-9-20-12/h3,5,7,10-12H,1-2,4,6,8-9H2,(H2,16,18). The summed E-state index contributed by atoms with van der Waals surface area (Å²) in [5.74, 6) is 0.545. The second-order valence-electron chi connectivity index (χ2n) is 5.19. The van der Waals surface area contributed by atoms with Crippen molar-refractivity contribution in [3.8, 4) is 11.3 Å². The Kier molecular flexibility index (Phi) is 3.97. The number of nitrogens with two attached hydrogens (primary N) is 1. The minimum absolute atomic E-state index is 0.380. The molecule has 0 aliphatic carbocycles. The summed E-state index contributed by atoms with van der Waals surface area (Å²) in [4.78, 5) is 8.38. The number of aromatic nitrogens is 3. The summed E-state index contributed by atoms with van der Waals surface area (Å²) in [7, 11) is 0. The summed E-state index contributed by atoms with van der Waals surface area (Å²) >= 11 is 0. The van der Waals surface area contributed by atoms with Gasteiger partial charge in [0.15, 0.2) is 0 Å². The highest BCUT2D eigenvalue weighted by Gasteiger charge is 2.15. The van der Waals surface area contributed by atoms with Gasteiger partial charge in [-0.05, 0) is 37.8 Å². The number of nitrogens with zero attached hydrogens (tertiary/aromatic N) is 3. The van der Waals surface area contributed by atoms with E-state index in [-0.39, 0.29) is 0 Å². The van der Waals surface area contributed by atoms with E-state index >= 15 is 0 Å². The van der Waals surface area contributed by atoms with E-state index in [1.807, 2.05) is 24.7 Å². The van der Waals surface area contributed by atoms with E-state index in [1.54, 1.807) is 6.20 Å². The van der Waals surface area contributed by atoms with Crippen LogP contribution in [-0.2, 0) is 11.3 Å². The van der Waals surface area contributed by atoms with Gasteiger partial charge in [-0.3, -0.25) is 0 Å². The maximum atomic E-state index is 5.94. The van der Waals surface area contributed by atoms with Gasteiger partial charge in [-0.1, -0.05) is 0 Å². The minimum atomic E-state index is 0.380. The van der Waals surface area contributed by atoms with Crippen molar-refractivity contribution in [2.24, 2.45) is 0 Å². The molecule has 5 heteroatoms. The lowest BCUT2D eigenvalue weighted by atomic mass is 10.1. The normalized spacial score (nSPS) is 19.1. The molecule has 0 radical (unpaired) electrons. The van der Waals surface area contributed by atoms with E-state index in [2.05, 4.69) is 14.5 Å². The lowest BCUT2D eigenvalue weighted by Crippen LogP contribution is -2.20. The molecule has 1 aliphatic rings. The quantitative estimate of drug-likeness (QED) is 0.928. The molecule has 2 aromatic heterocycles. The van der Waals surface area contributed by atoms with Crippen LogP contribution in [0, 0.1) is 0 Å². The molecular weight excluding hydrogens is 252 g/mol. The first-order chi connectivity index (χ1) is 9.84. The fourth-order valence-electron chi connectivity index (χ4n) is 2.68. The van der Waals surface area contributed by atoms with Crippen LogP contribution in [0.15, 0.2) is 30.9 Å². The number of rotatable bonds is 4. The van der Waals surface area contributed by atoms with Crippen LogP contribution in [0.5, 0.6) is 0 Å². The fourth-order valence-corrected chi connectivity index (χ4v) is 2.68. The summed E-state index contributed by atoms with van der Waals surface area (Å²) in [5, 5.41) is 0. The van der Waals surface area contributed by atoms with Crippen molar-refractivity contribution in [1.29, 1.82) is 0 Å². The van der Waals surface area contributed by atoms with Crippen molar-refractivity contribution >= 4 is 5.82 Å². The third kappa shape index (κ3) is 2.82. The molecule has 3 rings (SSSR count). The average molecular weight is 272 g/mol. The number of aryl methyl sites for hydroxylation is 1. The number of anilines is 1. The van der Waals surface area contributed by atoms with Crippen LogP contribution in [0.4, 0.5) is 5.82 Å². The maximum Gasteiger partial charge on any atom is 0.132 e. The first-order valence-electron chi connectivity index (χ1n) is 7.17. The Hall–Kier alpha value is -1.88. The highest BCUT2D eigenvalue weighted by molar-refractivity contribution is 5.70. The van der Waals surface area contributed by atoms with Crippen molar-refractivity contribution in [3.63, 3.8) is 0 Å². The van der Waals surface area contributed by atoms with E-state index < -0.39 is 0 Å². The van der Waals surface area contributed by atoms with Gasteiger partial charge in [-0.25, -0.2) is 9.97 Å². The van der Waals surface area contributed by atoms with E-state index in [1.165, 1.54) is 19.3 Å². The Morgan fingerprint density at radius 1 is 1.40 bits per heavy atom. The number of nitrogen functional groups attached to an aromatic ring is 1. The molecule has 0 spiro atoms. The number of ether oxygens (including phenoxy) is 1. The zero-order chi connectivity index (χ0) is 13.8. The Morgan fingerprint density at radius 3 is 3.15 bits per heavy atom. The van der Waals surface area contributed by atoms with Crippen molar-refractivity contribution < 1.29 is 4.74 Å². The average Bonchev–Trinajstić information content (AvgIpc) is 2.95. The van der Waals surface area contributed by atoms with Gasteiger partial charge < -0.3 is 15.0 Å². The molecular formula is C15H20N4O.